The summed E-state index contributed by atoms with van der Waals surface area (Å²) in [4.78, 5) is 24.7. The molecule has 0 saturated carbocycles. The summed E-state index contributed by atoms with van der Waals surface area (Å²) in [6.07, 6.45) is 3.52. The predicted octanol–water partition coefficient (Wildman–Crippen LogP) is 7.78. The lowest BCUT2D eigenvalue weighted by Crippen LogP contribution is -2.14. The molecule has 3 aromatic carbocycles. The van der Waals surface area contributed by atoms with E-state index in [0.29, 0.717) is 13.2 Å². The third-order valence-corrected chi connectivity index (χ3v) is 5.71. The summed E-state index contributed by atoms with van der Waals surface area (Å²) in [6, 6.07) is 20.2. The maximum absolute atomic E-state index is 12.4. The van der Waals surface area contributed by atoms with E-state index >= 15 is 0 Å². The van der Waals surface area contributed by atoms with Crippen LogP contribution < -0.4 is 9.47 Å². The van der Waals surface area contributed by atoms with Crippen molar-refractivity contribution in [3.05, 3.63) is 83.4 Å². The highest BCUT2D eigenvalue weighted by Gasteiger charge is 2.22. The summed E-state index contributed by atoms with van der Waals surface area (Å²) in [7, 11) is 0. The average Bonchev–Trinajstić information content (AvgIpc) is 2.95. The third kappa shape index (κ3) is 9.56. The van der Waals surface area contributed by atoms with Crippen LogP contribution >= 0.6 is 0 Å². The number of unbranched alkanes of at least 4 members (excludes halogenated alkanes) is 3. The molecule has 0 spiro atoms. The van der Waals surface area contributed by atoms with Crippen molar-refractivity contribution in [2.75, 3.05) is 26.4 Å². The number of hydrogen-bond acceptors (Lipinski definition) is 8. The molecule has 0 aliphatic rings. The van der Waals surface area contributed by atoms with Crippen LogP contribution in [0.1, 0.15) is 65.8 Å². The number of carbonyl (C=O) groups is 2. The molecule has 0 aliphatic heterocycles. The molecule has 0 unspecified atom stereocenters. The number of hydrogen-bond donors (Lipinski definition) is 0. The van der Waals surface area contributed by atoms with Gasteiger partial charge in [-0.1, -0.05) is 23.8 Å². The van der Waals surface area contributed by atoms with E-state index in [1.165, 1.54) is 5.56 Å². The number of azo groups is 1. The zero-order valence-corrected chi connectivity index (χ0v) is 22.9. The molecule has 3 rings (SSSR count). The summed E-state index contributed by atoms with van der Waals surface area (Å²) in [5.41, 5.74) is 3.20. The number of benzene rings is 3. The van der Waals surface area contributed by atoms with Gasteiger partial charge in [0.15, 0.2) is 0 Å². The fraction of sp³-hybridized carbons (Fsp3) is 0.355. The van der Waals surface area contributed by atoms with Gasteiger partial charge in [-0.05, 0) is 95.0 Å². The largest absolute Gasteiger partial charge is 0.494 e. The Morgan fingerprint density at radius 3 is 1.64 bits per heavy atom. The van der Waals surface area contributed by atoms with Gasteiger partial charge in [0.05, 0.1) is 37.8 Å². The van der Waals surface area contributed by atoms with Crippen molar-refractivity contribution in [1.82, 2.24) is 0 Å². The maximum Gasteiger partial charge on any atom is 0.341 e. The Morgan fingerprint density at radius 1 is 0.641 bits per heavy atom. The Morgan fingerprint density at radius 2 is 1.13 bits per heavy atom. The van der Waals surface area contributed by atoms with Gasteiger partial charge in [-0.15, -0.1) is 0 Å². The Kier molecular flexibility index (Phi) is 12.0. The quantitative estimate of drug-likeness (QED) is 0.113. The van der Waals surface area contributed by atoms with Crippen molar-refractivity contribution < 1.29 is 28.5 Å². The number of esters is 2. The first kappa shape index (κ1) is 29.4. The van der Waals surface area contributed by atoms with Crippen LogP contribution in [0.2, 0.25) is 0 Å². The molecule has 8 nitrogen and oxygen atoms in total. The molecule has 8 heteroatoms. The molecule has 0 amide bonds. The van der Waals surface area contributed by atoms with Crippen LogP contribution in [0.4, 0.5) is 11.4 Å². The summed E-state index contributed by atoms with van der Waals surface area (Å²) in [5, 5.41) is 8.51. The molecule has 0 heterocycles. The van der Waals surface area contributed by atoms with Gasteiger partial charge in [0.25, 0.3) is 0 Å². The van der Waals surface area contributed by atoms with E-state index in [1.54, 1.807) is 32.0 Å². The summed E-state index contributed by atoms with van der Waals surface area (Å²) in [5.74, 6) is -0.0643. The van der Waals surface area contributed by atoms with E-state index in [4.69, 9.17) is 18.9 Å². The number of nitrogens with zero attached hydrogens (tertiary/aromatic N) is 2. The van der Waals surface area contributed by atoms with E-state index in [9.17, 15) is 9.59 Å². The van der Waals surface area contributed by atoms with Crippen LogP contribution in [0, 0.1) is 6.92 Å². The first-order chi connectivity index (χ1) is 19.0. The minimum Gasteiger partial charge on any atom is -0.494 e. The molecule has 0 radical (unpaired) electrons. The Bertz CT molecular complexity index is 1190. The molecule has 0 saturated heterocycles. The van der Waals surface area contributed by atoms with E-state index in [0.717, 1.165) is 42.8 Å². The molecule has 0 aromatic heterocycles. The van der Waals surface area contributed by atoms with Crippen LogP contribution in [0.5, 0.6) is 11.5 Å². The smallest absolute Gasteiger partial charge is 0.341 e. The van der Waals surface area contributed by atoms with Crippen molar-refractivity contribution in [1.29, 1.82) is 0 Å². The Hall–Kier alpha value is -4.20. The SMILES string of the molecule is CCOC(=O)c1cccc(C(=O)OCC)c1OCCCCCCOc1ccc(N=Nc2ccc(C)cc2)cc1. The van der Waals surface area contributed by atoms with Crippen LogP contribution in [-0.4, -0.2) is 38.4 Å². The zero-order chi connectivity index (χ0) is 27.9. The second-order valence-electron chi connectivity index (χ2n) is 8.76. The highest BCUT2D eigenvalue weighted by atomic mass is 16.5. The molecular formula is C31H36N2O6. The minimum atomic E-state index is -0.529. The van der Waals surface area contributed by atoms with Gasteiger partial charge < -0.3 is 18.9 Å². The van der Waals surface area contributed by atoms with Gasteiger partial charge >= 0.3 is 11.9 Å². The predicted molar refractivity (Wildman–Crippen MR) is 150 cm³/mol. The summed E-state index contributed by atoms with van der Waals surface area (Å²) in [6.45, 7) is 6.92. The monoisotopic (exact) mass is 532 g/mol. The van der Waals surface area contributed by atoms with E-state index in [2.05, 4.69) is 10.2 Å². The number of aryl methyl sites for hydroxylation is 1. The highest BCUT2D eigenvalue weighted by Crippen LogP contribution is 2.27. The van der Waals surface area contributed by atoms with Crippen LogP contribution in [0.3, 0.4) is 0 Å². The fourth-order valence-electron chi connectivity index (χ4n) is 3.69. The molecule has 206 valence electrons. The van der Waals surface area contributed by atoms with Crippen molar-refractivity contribution in [2.45, 2.75) is 46.5 Å². The molecule has 0 atom stereocenters. The van der Waals surface area contributed by atoms with Gasteiger partial charge in [0, 0.05) is 0 Å². The number of rotatable bonds is 15. The summed E-state index contributed by atoms with van der Waals surface area (Å²) >= 11 is 0. The van der Waals surface area contributed by atoms with Crippen LogP contribution in [0.15, 0.2) is 77.0 Å². The molecule has 0 fully saturated rings. The summed E-state index contributed by atoms with van der Waals surface area (Å²) < 4.78 is 22.0. The molecule has 0 aliphatic carbocycles. The van der Waals surface area contributed by atoms with E-state index in [-0.39, 0.29) is 30.1 Å². The standard InChI is InChI=1S/C31H36N2O6/c1-4-36-30(34)27-11-10-12-28(31(35)37-5-2)29(27)39-22-9-7-6-8-21-38-26-19-17-25(18-20-26)33-32-24-15-13-23(3)14-16-24/h10-20H,4-9,21-22H2,1-3H3. The average molecular weight is 533 g/mol. The lowest BCUT2D eigenvalue weighted by Gasteiger charge is -2.14. The van der Waals surface area contributed by atoms with Gasteiger partial charge in [-0.2, -0.15) is 10.2 Å². The topological polar surface area (TPSA) is 95.8 Å². The van der Waals surface area contributed by atoms with Gasteiger partial charge in [-0.3, -0.25) is 0 Å². The van der Waals surface area contributed by atoms with Gasteiger partial charge in [-0.25, -0.2) is 9.59 Å². The number of carbonyl (C=O) groups excluding carboxylic acids is 2. The lowest BCUT2D eigenvalue weighted by atomic mass is 10.1. The van der Waals surface area contributed by atoms with Crippen molar-refractivity contribution in [3.63, 3.8) is 0 Å². The first-order valence-electron chi connectivity index (χ1n) is 13.3. The van der Waals surface area contributed by atoms with Gasteiger partial charge in [0.1, 0.15) is 22.6 Å². The number of para-hydroxylation sites is 1. The van der Waals surface area contributed by atoms with Crippen LogP contribution in [-0.2, 0) is 9.47 Å². The van der Waals surface area contributed by atoms with Gasteiger partial charge in [0.2, 0.25) is 0 Å². The Labute approximate surface area is 230 Å². The normalized spacial score (nSPS) is 10.8. The Balaban J connectivity index is 1.39. The fourth-order valence-corrected chi connectivity index (χ4v) is 3.69. The second kappa shape index (κ2) is 15.9. The molecule has 39 heavy (non-hydrogen) atoms. The van der Waals surface area contributed by atoms with E-state index < -0.39 is 11.9 Å². The molecular weight excluding hydrogens is 496 g/mol. The first-order valence-corrected chi connectivity index (χ1v) is 13.3. The molecule has 0 bridgehead atoms. The van der Waals surface area contributed by atoms with Crippen LogP contribution in [0.25, 0.3) is 0 Å². The number of ether oxygens (including phenoxy) is 4. The third-order valence-electron chi connectivity index (χ3n) is 5.71. The van der Waals surface area contributed by atoms with Crippen molar-refractivity contribution in [3.8, 4) is 11.5 Å². The highest BCUT2D eigenvalue weighted by molar-refractivity contribution is 6.00. The molecule has 0 N–H and O–H groups in total. The minimum absolute atomic E-state index is 0.208. The lowest BCUT2D eigenvalue weighted by molar-refractivity contribution is 0.0515. The zero-order valence-electron chi connectivity index (χ0n) is 22.9. The van der Waals surface area contributed by atoms with E-state index in [1.807, 2.05) is 55.5 Å². The van der Waals surface area contributed by atoms with Crippen molar-refractivity contribution in [2.24, 2.45) is 10.2 Å². The molecule has 3 aromatic rings. The van der Waals surface area contributed by atoms with Crippen molar-refractivity contribution >= 4 is 23.3 Å². The maximum atomic E-state index is 12.4. The second-order valence-corrected chi connectivity index (χ2v) is 8.76.